The lowest BCUT2D eigenvalue weighted by Crippen LogP contribution is -2.23. The van der Waals surface area contributed by atoms with Crippen LogP contribution in [-0.2, 0) is 6.42 Å². The van der Waals surface area contributed by atoms with Crippen LogP contribution in [-0.4, -0.2) is 20.5 Å². The SMILES string of the molecule is CCc1cn2c(=O)c(C(=O)O)cnc2c2ccccc12. The van der Waals surface area contributed by atoms with Crippen molar-refractivity contribution in [1.82, 2.24) is 9.38 Å². The van der Waals surface area contributed by atoms with E-state index in [4.69, 9.17) is 5.11 Å². The van der Waals surface area contributed by atoms with Crippen molar-refractivity contribution in [3.8, 4) is 0 Å². The molecular weight excluding hydrogens is 256 g/mol. The summed E-state index contributed by atoms with van der Waals surface area (Å²) in [6, 6.07) is 7.67. The van der Waals surface area contributed by atoms with Gasteiger partial charge in [-0.1, -0.05) is 31.2 Å². The average Bonchev–Trinajstić information content (AvgIpc) is 2.46. The van der Waals surface area contributed by atoms with Gasteiger partial charge in [0.05, 0.1) is 0 Å². The summed E-state index contributed by atoms with van der Waals surface area (Å²) in [5.74, 6) is -1.26. The molecule has 2 heterocycles. The number of benzene rings is 1. The summed E-state index contributed by atoms with van der Waals surface area (Å²) in [4.78, 5) is 27.4. The van der Waals surface area contributed by atoms with E-state index in [9.17, 15) is 9.59 Å². The third-order valence-corrected chi connectivity index (χ3v) is 3.40. The molecule has 0 saturated carbocycles. The van der Waals surface area contributed by atoms with Gasteiger partial charge in [0.25, 0.3) is 5.56 Å². The van der Waals surface area contributed by atoms with Crippen LogP contribution in [0.1, 0.15) is 22.8 Å². The maximum Gasteiger partial charge on any atom is 0.342 e. The van der Waals surface area contributed by atoms with E-state index in [2.05, 4.69) is 4.98 Å². The lowest BCUT2D eigenvalue weighted by Gasteiger charge is -2.09. The summed E-state index contributed by atoms with van der Waals surface area (Å²) < 4.78 is 1.32. The molecule has 20 heavy (non-hydrogen) atoms. The molecule has 0 unspecified atom stereocenters. The third kappa shape index (κ3) is 1.67. The van der Waals surface area contributed by atoms with E-state index in [0.717, 1.165) is 29.0 Å². The number of carboxylic acids is 1. The van der Waals surface area contributed by atoms with Crippen molar-refractivity contribution in [3.63, 3.8) is 0 Å². The molecule has 2 aromatic heterocycles. The fourth-order valence-electron chi connectivity index (χ4n) is 2.40. The number of rotatable bonds is 2. The highest BCUT2D eigenvalue weighted by atomic mass is 16.4. The number of hydrogen-bond donors (Lipinski definition) is 1. The Morgan fingerprint density at radius 1 is 1.30 bits per heavy atom. The lowest BCUT2D eigenvalue weighted by atomic mass is 10.1. The highest BCUT2D eigenvalue weighted by molar-refractivity contribution is 5.96. The molecule has 0 bridgehead atoms. The van der Waals surface area contributed by atoms with Crippen LogP contribution in [0.2, 0.25) is 0 Å². The maximum atomic E-state index is 12.2. The van der Waals surface area contributed by atoms with Crippen molar-refractivity contribution >= 4 is 22.4 Å². The summed E-state index contributed by atoms with van der Waals surface area (Å²) in [6.07, 6.45) is 3.55. The molecule has 100 valence electrons. The van der Waals surface area contributed by atoms with E-state index in [-0.39, 0.29) is 5.56 Å². The number of pyridine rings is 1. The first-order valence-corrected chi connectivity index (χ1v) is 6.28. The molecular formula is C15H12N2O3. The summed E-state index contributed by atoms with van der Waals surface area (Å²) >= 11 is 0. The van der Waals surface area contributed by atoms with Crippen LogP contribution in [0.25, 0.3) is 16.4 Å². The molecule has 0 spiro atoms. The number of carboxylic acid groups (broad SMARTS) is 1. The Morgan fingerprint density at radius 2 is 2.00 bits per heavy atom. The van der Waals surface area contributed by atoms with E-state index >= 15 is 0 Å². The second-order valence-corrected chi connectivity index (χ2v) is 4.53. The molecule has 0 amide bonds. The molecule has 0 aliphatic carbocycles. The maximum absolute atomic E-state index is 12.2. The van der Waals surface area contributed by atoms with Crippen molar-refractivity contribution in [2.24, 2.45) is 0 Å². The molecule has 0 aliphatic heterocycles. The van der Waals surface area contributed by atoms with Gasteiger partial charge in [-0.15, -0.1) is 0 Å². The Balaban J connectivity index is 2.55. The van der Waals surface area contributed by atoms with Gasteiger partial charge in [0, 0.05) is 17.8 Å². The van der Waals surface area contributed by atoms with E-state index in [1.54, 1.807) is 6.20 Å². The van der Waals surface area contributed by atoms with E-state index in [0.29, 0.717) is 5.65 Å². The smallest absolute Gasteiger partial charge is 0.342 e. The van der Waals surface area contributed by atoms with E-state index in [1.807, 2.05) is 31.2 Å². The molecule has 1 N–H and O–H groups in total. The first-order valence-electron chi connectivity index (χ1n) is 6.28. The number of aryl methyl sites for hydroxylation is 1. The van der Waals surface area contributed by atoms with Gasteiger partial charge in [0.1, 0.15) is 11.2 Å². The number of aromatic carboxylic acids is 1. The molecule has 0 aliphatic rings. The van der Waals surface area contributed by atoms with Crippen LogP contribution < -0.4 is 5.56 Å². The summed E-state index contributed by atoms with van der Waals surface area (Å²) in [5.41, 5.74) is 0.593. The molecule has 5 nitrogen and oxygen atoms in total. The van der Waals surface area contributed by atoms with Crippen molar-refractivity contribution < 1.29 is 9.90 Å². The monoisotopic (exact) mass is 268 g/mol. The third-order valence-electron chi connectivity index (χ3n) is 3.40. The second-order valence-electron chi connectivity index (χ2n) is 4.53. The van der Waals surface area contributed by atoms with Gasteiger partial charge in [-0.3, -0.25) is 9.20 Å². The molecule has 0 fully saturated rings. The van der Waals surface area contributed by atoms with Crippen LogP contribution in [0, 0.1) is 0 Å². The summed E-state index contributed by atoms with van der Waals surface area (Å²) in [7, 11) is 0. The summed E-state index contributed by atoms with van der Waals surface area (Å²) in [6.45, 7) is 1.99. The fraction of sp³-hybridized carbons (Fsp3) is 0.133. The minimum Gasteiger partial charge on any atom is -0.477 e. The normalized spacial score (nSPS) is 11.1. The fourth-order valence-corrected chi connectivity index (χ4v) is 2.40. The van der Waals surface area contributed by atoms with Crippen LogP contribution in [0.3, 0.4) is 0 Å². The molecule has 3 aromatic rings. The minimum absolute atomic E-state index is 0.320. The Bertz CT molecular complexity index is 897. The van der Waals surface area contributed by atoms with Crippen molar-refractivity contribution in [1.29, 1.82) is 0 Å². The minimum atomic E-state index is -1.26. The van der Waals surface area contributed by atoms with Gasteiger partial charge in [-0.2, -0.15) is 0 Å². The van der Waals surface area contributed by atoms with Crippen LogP contribution in [0.15, 0.2) is 41.5 Å². The van der Waals surface area contributed by atoms with Crippen LogP contribution in [0.4, 0.5) is 0 Å². The predicted octanol–water partition coefficient (Wildman–Crippen LogP) is 2.11. The number of carbonyl (C=O) groups is 1. The van der Waals surface area contributed by atoms with E-state index < -0.39 is 11.5 Å². The zero-order valence-electron chi connectivity index (χ0n) is 10.8. The van der Waals surface area contributed by atoms with Crippen molar-refractivity contribution in [2.75, 3.05) is 0 Å². The molecule has 0 atom stereocenters. The number of nitrogens with zero attached hydrogens (tertiary/aromatic N) is 2. The zero-order valence-corrected chi connectivity index (χ0v) is 10.8. The molecule has 3 rings (SSSR count). The quantitative estimate of drug-likeness (QED) is 0.722. The first-order chi connectivity index (χ1) is 9.63. The highest BCUT2D eigenvalue weighted by Crippen LogP contribution is 2.22. The Labute approximate surface area is 114 Å². The predicted molar refractivity (Wildman–Crippen MR) is 75.3 cm³/mol. The van der Waals surface area contributed by atoms with Gasteiger partial charge in [0.15, 0.2) is 0 Å². The highest BCUT2D eigenvalue weighted by Gasteiger charge is 2.14. The van der Waals surface area contributed by atoms with Crippen LogP contribution >= 0.6 is 0 Å². The van der Waals surface area contributed by atoms with Crippen LogP contribution in [0.5, 0.6) is 0 Å². The van der Waals surface area contributed by atoms with Gasteiger partial charge < -0.3 is 5.11 Å². The average molecular weight is 268 g/mol. The molecule has 1 aromatic carbocycles. The van der Waals surface area contributed by atoms with E-state index in [1.165, 1.54) is 4.40 Å². The Kier molecular flexibility index (Phi) is 2.75. The van der Waals surface area contributed by atoms with Gasteiger partial charge in [0.2, 0.25) is 0 Å². The van der Waals surface area contributed by atoms with Gasteiger partial charge >= 0.3 is 5.97 Å². The first kappa shape index (κ1) is 12.3. The Morgan fingerprint density at radius 3 is 2.65 bits per heavy atom. The summed E-state index contributed by atoms with van der Waals surface area (Å²) in [5, 5.41) is 10.9. The standard InChI is InChI=1S/C15H12N2O3/c1-2-9-8-17-13(11-6-4-3-5-10(9)11)16-7-12(14(17)18)15(19)20/h3-8H,2H2,1H3,(H,19,20). The zero-order chi connectivity index (χ0) is 14.3. The molecule has 0 radical (unpaired) electrons. The van der Waals surface area contributed by atoms with Gasteiger partial charge in [-0.25, -0.2) is 9.78 Å². The second kappa shape index (κ2) is 4.45. The number of hydrogen-bond acceptors (Lipinski definition) is 3. The Hall–Kier alpha value is -2.69. The lowest BCUT2D eigenvalue weighted by molar-refractivity contribution is 0.0694. The largest absolute Gasteiger partial charge is 0.477 e. The van der Waals surface area contributed by atoms with Gasteiger partial charge in [-0.05, 0) is 17.4 Å². The number of fused-ring (bicyclic) bond motifs is 3. The molecule has 5 heteroatoms. The van der Waals surface area contributed by atoms with Crippen molar-refractivity contribution in [2.45, 2.75) is 13.3 Å². The molecule has 0 saturated heterocycles. The van der Waals surface area contributed by atoms with Crippen molar-refractivity contribution in [3.05, 3.63) is 58.1 Å². The number of aromatic nitrogens is 2. The topological polar surface area (TPSA) is 71.7 Å².